The van der Waals surface area contributed by atoms with Crippen LogP contribution in [0, 0.1) is 11.6 Å². The lowest BCUT2D eigenvalue weighted by Gasteiger charge is -2.10. The first-order valence-electron chi connectivity index (χ1n) is 5.08. The van der Waals surface area contributed by atoms with Crippen molar-refractivity contribution in [3.05, 3.63) is 57.6 Å². The molecule has 0 aliphatic carbocycles. The molecule has 0 aliphatic rings. The predicted octanol–water partition coefficient (Wildman–Crippen LogP) is 4.88. The van der Waals surface area contributed by atoms with Crippen LogP contribution in [0.1, 0.15) is 10.4 Å². The van der Waals surface area contributed by atoms with Crippen LogP contribution >= 0.6 is 23.2 Å². The van der Waals surface area contributed by atoms with Gasteiger partial charge in [0, 0.05) is 10.6 Å². The van der Waals surface area contributed by atoms with E-state index in [4.69, 9.17) is 27.9 Å². The second kappa shape index (κ2) is 5.55. The Kier molecular flexibility index (Phi) is 4.02. The fourth-order valence-corrected chi connectivity index (χ4v) is 1.86. The van der Waals surface area contributed by atoms with Gasteiger partial charge >= 0.3 is 0 Å². The lowest BCUT2D eigenvalue weighted by Crippen LogP contribution is -1.95. The monoisotopic (exact) mass is 302 g/mol. The highest BCUT2D eigenvalue weighted by atomic mass is 35.5. The number of hydrogen-bond donors (Lipinski definition) is 0. The van der Waals surface area contributed by atoms with Gasteiger partial charge in [-0.3, -0.25) is 4.79 Å². The standard InChI is InChI=1S/C13H6Cl2F2O2/c14-8-1-2-12(9(15)5-8)19-13-10(16)3-7(6-18)4-11(13)17/h1-6H. The van der Waals surface area contributed by atoms with Gasteiger partial charge in [0.25, 0.3) is 0 Å². The number of rotatable bonds is 3. The Balaban J connectivity index is 2.41. The minimum atomic E-state index is -0.992. The SMILES string of the molecule is O=Cc1cc(F)c(Oc2ccc(Cl)cc2Cl)c(F)c1. The van der Waals surface area contributed by atoms with Crippen molar-refractivity contribution in [1.82, 2.24) is 0 Å². The Morgan fingerprint density at radius 1 is 1.05 bits per heavy atom. The molecule has 2 aromatic rings. The molecule has 2 aromatic carbocycles. The predicted molar refractivity (Wildman–Crippen MR) is 68.3 cm³/mol. The molecule has 0 aliphatic heterocycles. The van der Waals surface area contributed by atoms with Crippen molar-refractivity contribution < 1.29 is 18.3 Å². The van der Waals surface area contributed by atoms with E-state index in [0.717, 1.165) is 12.1 Å². The van der Waals surface area contributed by atoms with Crippen LogP contribution in [-0.2, 0) is 0 Å². The molecule has 2 nitrogen and oxygen atoms in total. The summed E-state index contributed by atoms with van der Waals surface area (Å²) in [5.41, 5.74) is -0.121. The summed E-state index contributed by atoms with van der Waals surface area (Å²) in [6, 6.07) is 5.98. The highest BCUT2D eigenvalue weighted by Gasteiger charge is 2.15. The summed E-state index contributed by atoms with van der Waals surface area (Å²) >= 11 is 11.5. The van der Waals surface area contributed by atoms with E-state index in [0.29, 0.717) is 11.3 Å². The van der Waals surface area contributed by atoms with E-state index >= 15 is 0 Å². The van der Waals surface area contributed by atoms with E-state index in [9.17, 15) is 13.6 Å². The molecule has 0 unspecified atom stereocenters. The van der Waals surface area contributed by atoms with E-state index in [2.05, 4.69) is 0 Å². The number of benzene rings is 2. The van der Waals surface area contributed by atoms with Crippen molar-refractivity contribution in [2.24, 2.45) is 0 Å². The molecular weight excluding hydrogens is 297 g/mol. The second-order valence-electron chi connectivity index (χ2n) is 3.61. The smallest absolute Gasteiger partial charge is 0.198 e. The quantitative estimate of drug-likeness (QED) is 0.756. The maximum atomic E-state index is 13.6. The van der Waals surface area contributed by atoms with E-state index in [1.807, 2.05) is 0 Å². The minimum absolute atomic E-state index is 0.0581. The van der Waals surface area contributed by atoms with E-state index in [1.54, 1.807) is 0 Å². The number of halogens is 4. The Hall–Kier alpha value is -1.65. The Bertz CT molecular complexity index is 622. The highest BCUT2D eigenvalue weighted by molar-refractivity contribution is 6.35. The van der Waals surface area contributed by atoms with Crippen molar-refractivity contribution in [2.45, 2.75) is 0 Å². The van der Waals surface area contributed by atoms with Crippen LogP contribution in [-0.4, -0.2) is 6.29 Å². The zero-order valence-corrected chi connectivity index (χ0v) is 10.8. The first-order valence-corrected chi connectivity index (χ1v) is 5.84. The average molecular weight is 303 g/mol. The first kappa shape index (κ1) is 13.8. The maximum absolute atomic E-state index is 13.6. The van der Waals surface area contributed by atoms with Crippen LogP contribution in [0.25, 0.3) is 0 Å². The van der Waals surface area contributed by atoms with Gasteiger partial charge in [0.15, 0.2) is 17.4 Å². The largest absolute Gasteiger partial charge is 0.450 e. The normalized spacial score (nSPS) is 10.3. The Labute approximate surface area is 117 Å². The molecule has 0 saturated carbocycles. The zero-order valence-electron chi connectivity index (χ0n) is 9.29. The van der Waals surface area contributed by atoms with Crippen molar-refractivity contribution in [3.8, 4) is 11.5 Å². The summed E-state index contributed by atoms with van der Waals surface area (Å²) < 4.78 is 32.3. The van der Waals surface area contributed by atoms with Crippen LogP contribution in [0.5, 0.6) is 11.5 Å². The van der Waals surface area contributed by atoms with Gasteiger partial charge in [-0.15, -0.1) is 0 Å². The van der Waals surface area contributed by atoms with Gasteiger partial charge in [-0.1, -0.05) is 23.2 Å². The summed E-state index contributed by atoms with van der Waals surface area (Å²) in [7, 11) is 0. The highest BCUT2D eigenvalue weighted by Crippen LogP contribution is 2.34. The van der Waals surface area contributed by atoms with Crippen molar-refractivity contribution in [1.29, 1.82) is 0 Å². The number of ether oxygens (including phenoxy) is 1. The third-order valence-electron chi connectivity index (χ3n) is 2.26. The van der Waals surface area contributed by atoms with Crippen LogP contribution < -0.4 is 4.74 Å². The number of carbonyl (C=O) groups is 1. The molecule has 19 heavy (non-hydrogen) atoms. The van der Waals surface area contributed by atoms with Crippen molar-refractivity contribution in [2.75, 3.05) is 0 Å². The number of aldehydes is 1. The third kappa shape index (κ3) is 3.03. The summed E-state index contributed by atoms with van der Waals surface area (Å²) in [6.45, 7) is 0. The first-order chi connectivity index (χ1) is 9.01. The molecule has 98 valence electrons. The molecule has 0 saturated heterocycles. The van der Waals surface area contributed by atoms with Crippen molar-refractivity contribution >= 4 is 29.5 Å². The molecule has 0 atom stereocenters. The number of hydrogen-bond acceptors (Lipinski definition) is 2. The summed E-state index contributed by atoms with van der Waals surface area (Å²) in [5.74, 6) is -2.56. The molecule has 2 rings (SSSR count). The topological polar surface area (TPSA) is 26.3 Å². The zero-order chi connectivity index (χ0) is 14.0. The van der Waals surface area contributed by atoms with Crippen LogP contribution in [0.4, 0.5) is 8.78 Å². The lowest BCUT2D eigenvalue weighted by molar-refractivity contribution is 0.112. The van der Waals surface area contributed by atoms with Crippen LogP contribution in [0.3, 0.4) is 0 Å². The van der Waals surface area contributed by atoms with Crippen LogP contribution in [0.2, 0.25) is 10.0 Å². The summed E-state index contributed by atoms with van der Waals surface area (Å²) in [6.07, 6.45) is 0.339. The molecule has 6 heteroatoms. The van der Waals surface area contributed by atoms with Gasteiger partial charge in [0.05, 0.1) is 5.02 Å². The van der Waals surface area contributed by atoms with Gasteiger partial charge in [0.2, 0.25) is 0 Å². The van der Waals surface area contributed by atoms with Gasteiger partial charge < -0.3 is 4.74 Å². The number of carbonyl (C=O) groups excluding carboxylic acids is 1. The molecule has 0 spiro atoms. The van der Waals surface area contributed by atoms with Crippen molar-refractivity contribution in [3.63, 3.8) is 0 Å². The molecule has 0 aromatic heterocycles. The Morgan fingerprint density at radius 3 is 2.21 bits per heavy atom. The van der Waals surface area contributed by atoms with Gasteiger partial charge in [-0.2, -0.15) is 0 Å². The van der Waals surface area contributed by atoms with Gasteiger partial charge in [-0.25, -0.2) is 8.78 Å². The van der Waals surface area contributed by atoms with E-state index in [1.165, 1.54) is 18.2 Å². The fourth-order valence-electron chi connectivity index (χ4n) is 1.41. The molecule has 0 amide bonds. The van der Waals surface area contributed by atoms with Gasteiger partial charge in [-0.05, 0) is 30.3 Å². The molecule has 0 N–H and O–H groups in total. The molecule has 0 heterocycles. The summed E-state index contributed by atoms with van der Waals surface area (Å²) in [4.78, 5) is 10.5. The van der Waals surface area contributed by atoms with E-state index < -0.39 is 17.4 Å². The molecular formula is C13H6Cl2F2O2. The minimum Gasteiger partial charge on any atom is -0.450 e. The second-order valence-corrected chi connectivity index (χ2v) is 4.45. The fraction of sp³-hybridized carbons (Fsp3) is 0. The third-order valence-corrected chi connectivity index (χ3v) is 2.79. The summed E-state index contributed by atoms with van der Waals surface area (Å²) in [5, 5.41) is 0.486. The molecule has 0 fully saturated rings. The van der Waals surface area contributed by atoms with Gasteiger partial charge in [0.1, 0.15) is 12.0 Å². The van der Waals surface area contributed by atoms with Crippen LogP contribution in [0.15, 0.2) is 30.3 Å². The molecule has 0 radical (unpaired) electrons. The average Bonchev–Trinajstić information content (AvgIpc) is 2.35. The molecule has 0 bridgehead atoms. The Morgan fingerprint density at radius 2 is 1.68 bits per heavy atom. The lowest BCUT2D eigenvalue weighted by atomic mass is 10.2. The van der Waals surface area contributed by atoms with E-state index in [-0.39, 0.29) is 16.3 Å². The maximum Gasteiger partial charge on any atom is 0.198 e.